The van der Waals surface area contributed by atoms with Crippen molar-refractivity contribution in [1.29, 1.82) is 0 Å². The average Bonchev–Trinajstić information content (AvgIpc) is 2.27. The van der Waals surface area contributed by atoms with Gasteiger partial charge in [0, 0.05) is 4.47 Å². The highest BCUT2D eigenvalue weighted by Crippen LogP contribution is 2.25. The number of halogens is 2. The summed E-state index contributed by atoms with van der Waals surface area (Å²) in [5.41, 5.74) is 0. The van der Waals surface area contributed by atoms with Gasteiger partial charge < -0.3 is 5.11 Å². The summed E-state index contributed by atoms with van der Waals surface area (Å²) >= 11 is 9.03. The first-order valence-corrected chi connectivity index (χ1v) is 8.13. The standard InChI is InChI=1S/C11H13BrClNO4S/c1-2-3-9(11(15)16)14-19(17,18)10-5-4-7(12)6-8(10)13/h4-6,9,14H,2-3H2,1H3,(H,15,16)/t9-/m1/s1. The van der Waals surface area contributed by atoms with Gasteiger partial charge in [-0.2, -0.15) is 4.72 Å². The molecule has 1 rings (SSSR count). The summed E-state index contributed by atoms with van der Waals surface area (Å²) in [6.45, 7) is 1.77. The van der Waals surface area contributed by atoms with Gasteiger partial charge in [0.1, 0.15) is 10.9 Å². The first kappa shape index (κ1) is 16.4. The largest absolute Gasteiger partial charge is 0.480 e. The van der Waals surface area contributed by atoms with E-state index in [2.05, 4.69) is 20.7 Å². The molecule has 0 aromatic heterocycles. The Bertz CT molecular complexity index is 576. The Hall–Kier alpha value is -0.630. The lowest BCUT2D eigenvalue weighted by Crippen LogP contribution is -2.40. The molecule has 0 unspecified atom stereocenters. The third-order valence-corrected chi connectivity index (χ3v) is 4.80. The lowest BCUT2D eigenvalue weighted by molar-refractivity contribution is -0.139. The molecule has 0 fully saturated rings. The van der Waals surface area contributed by atoms with Gasteiger partial charge in [0.15, 0.2) is 0 Å². The van der Waals surface area contributed by atoms with E-state index in [1.807, 2.05) is 0 Å². The van der Waals surface area contributed by atoms with Crippen molar-refractivity contribution in [2.45, 2.75) is 30.7 Å². The van der Waals surface area contributed by atoms with Crippen molar-refractivity contribution in [3.8, 4) is 0 Å². The zero-order valence-corrected chi connectivity index (χ0v) is 13.2. The molecule has 0 aliphatic carbocycles. The Morgan fingerprint density at radius 1 is 1.53 bits per heavy atom. The summed E-state index contributed by atoms with van der Waals surface area (Å²) in [5, 5.41) is 8.99. The van der Waals surface area contributed by atoms with E-state index < -0.39 is 22.0 Å². The summed E-state index contributed by atoms with van der Waals surface area (Å²) in [6, 6.07) is 3.12. The minimum Gasteiger partial charge on any atom is -0.480 e. The van der Waals surface area contributed by atoms with E-state index in [1.165, 1.54) is 18.2 Å². The highest BCUT2D eigenvalue weighted by molar-refractivity contribution is 9.10. The molecule has 0 bridgehead atoms. The molecule has 0 saturated heterocycles. The van der Waals surface area contributed by atoms with Gasteiger partial charge in [0.05, 0.1) is 5.02 Å². The SMILES string of the molecule is CCC[C@@H](NS(=O)(=O)c1ccc(Br)cc1Cl)C(=O)O. The zero-order chi connectivity index (χ0) is 14.6. The van der Waals surface area contributed by atoms with Gasteiger partial charge in [-0.05, 0) is 24.6 Å². The highest BCUT2D eigenvalue weighted by atomic mass is 79.9. The van der Waals surface area contributed by atoms with E-state index in [-0.39, 0.29) is 16.3 Å². The first-order chi connectivity index (χ1) is 8.77. The smallest absolute Gasteiger partial charge is 0.321 e. The maximum absolute atomic E-state index is 12.1. The second kappa shape index (κ2) is 6.69. The Labute approximate surface area is 125 Å². The van der Waals surface area contributed by atoms with Crippen molar-refractivity contribution >= 4 is 43.5 Å². The zero-order valence-electron chi connectivity index (χ0n) is 10.1. The monoisotopic (exact) mass is 369 g/mol. The van der Waals surface area contributed by atoms with Gasteiger partial charge in [-0.15, -0.1) is 0 Å². The van der Waals surface area contributed by atoms with Crippen LogP contribution in [0, 0.1) is 0 Å². The fourth-order valence-corrected chi connectivity index (χ4v) is 3.73. The van der Waals surface area contributed by atoms with Crippen molar-refractivity contribution < 1.29 is 18.3 Å². The Morgan fingerprint density at radius 3 is 2.63 bits per heavy atom. The maximum Gasteiger partial charge on any atom is 0.321 e. The number of aliphatic carboxylic acids is 1. The number of benzene rings is 1. The molecule has 0 saturated carbocycles. The third-order valence-electron chi connectivity index (χ3n) is 2.36. The highest BCUT2D eigenvalue weighted by Gasteiger charge is 2.26. The number of nitrogens with one attached hydrogen (secondary N) is 1. The Morgan fingerprint density at radius 2 is 2.16 bits per heavy atom. The van der Waals surface area contributed by atoms with E-state index in [0.717, 1.165) is 0 Å². The Balaban J connectivity index is 3.06. The molecule has 2 N–H and O–H groups in total. The molecular formula is C11H13BrClNO4S. The molecular weight excluding hydrogens is 358 g/mol. The van der Waals surface area contributed by atoms with Crippen LogP contribution in [0.2, 0.25) is 5.02 Å². The van der Waals surface area contributed by atoms with E-state index in [4.69, 9.17) is 16.7 Å². The molecule has 106 valence electrons. The summed E-state index contributed by atoms with van der Waals surface area (Å²) in [6.07, 6.45) is 0.760. The van der Waals surface area contributed by atoms with Crippen molar-refractivity contribution in [3.05, 3.63) is 27.7 Å². The minimum atomic E-state index is -3.96. The summed E-state index contributed by atoms with van der Waals surface area (Å²) < 4.78 is 26.9. The van der Waals surface area contributed by atoms with Gasteiger partial charge in [-0.3, -0.25) is 4.79 Å². The molecule has 0 radical (unpaired) electrons. The first-order valence-electron chi connectivity index (χ1n) is 5.48. The topological polar surface area (TPSA) is 83.5 Å². The predicted molar refractivity (Wildman–Crippen MR) is 75.8 cm³/mol. The molecule has 0 heterocycles. The number of carboxylic acid groups (broad SMARTS) is 1. The lowest BCUT2D eigenvalue weighted by Gasteiger charge is -2.14. The minimum absolute atomic E-state index is 0.0301. The molecule has 1 aromatic carbocycles. The summed E-state index contributed by atoms with van der Waals surface area (Å²) in [5.74, 6) is -1.21. The van der Waals surface area contributed by atoms with Crippen LogP contribution in [0.15, 0.2) is 27.6 Å². The predicted octanol–water partition coefficient (Wildman–Crippen LogP) is 2.63. The molecule has 5 nitrogen and oxygen atoms in total. The van der Waals surface area contributed by atoms with E-state index in [1.54, 1.807) is 6.92 Å². The van der Waals surface area contributed by atoms with Crippen LogP contribution in [0.25, 0.3) is 0 Å². The molecule has 0 amide bonds. The fraction of sp³-hybridized carbons (Fsp3) is 0.364. The Kier molecular flexibility index (Phi) is 5.79. The maximum atomic E-state index is 12.1. The molecule has 8 heteroatoms. The number of carbonyl (C=O) groups is 1. The van der Waals surface area contributed by atoms with Crippen molar-refractivity contribution in [2.75, 3.05) is 0 Å². The van der Waals surface area contributed by atoms with E-state index in [0.29, 0.717) is 10.9 Å². The molecule has 19 heavy (non-hydrogen) atoms. The third kappa shape index (κ3) is 4.45. The van der Waals surface area contributed by atoms with Crippen LogP contribution in [0.1, 0.15) is 19.8 Å². The molecule has 1 aromatic rings. The van der Waals surface area contributed by atoms with Crippen LogP contribution in [-0.4, -0.2) is 25.5 Å². The number of hydrogen-bond donors (Lipinski definition) is 2. The molecule has 0 aliphatic heterocycles. The van der Waals surface area contributed by atoms with E-state index >= 15 is 0 Å². The van der Waals surface area contributed by atoms with Gasteiger partial charge in [0.25, 0.3) is 0 Å². The van der Waals surface area contributed by atoms with Crippen LogP contribution >= 0.6 is 27.5 Å². The number of rotatable bonds is 6. The van der Waals surface area contributed by atoms with Crippen molar-refractivity contribution in [1.82, 2.24) is 4.72 Å². The number of hydrogen-bond acceptors (Lipinski definition) is 3. The van der Waals surface area contributed by atoms with Crippen LogP contribution in [-0.2, 0) is 14.8 Å². The molecule has 1 atom stereocenters. The lowest BCUT2D eigenvalue weighted by atomic mass is 10.2. The van der Waals surface area contributed by atoms with Crippen LogP contribution in [0.5, 0.6) is 0 Å². The molecule has 0 aliphatic rings. The van der Waals surface area contributed by atoms with Gasteiger partial charge in [0.2, 0.25) is 10.0 Å². The second-order valence-electron chi connectivity index (χ2n) is 3.88. The van der Waals surface area contributed by atoms with Gasteiger partial charge >= 0.3 is 5.97 Å². The quantitative estimate of drug-likeness (QED) is 0.806. The molecule has 0 spiro atoms. The summed E-state index contributed by atoms with van der Waals surface area (Å²) in [7, 11) is -3.96. The van der Waals surface area contributed by atoms with Crippen LogP contribution < -0.4 is 4.72 Å². The summed E-state index contributed by atoms with van der Waals surface area (Å²) in [4.78, 5) is 10.8. The van der Waals surface area contributed by atoms with E-state index in [9.17, 15) is 13.2 Å². The van der Waals surface area contributed by atoms with Crippen LogP contribution in [0.3, 0.4) is 0 Å². The van der Waals surface area contributed by atoms with Gasteiger partial charge in [-0.1, -0.05) is 40.9 Å². The average molecular weight is 371 g/mol. The number of sulfonamides is 1. The normalized spacial score (nSPS) is 13.2. The van der Waals surface area contributed by atoms with Crippen molar-refractivity contribution in [2.24, 2.45) is 0 Å². The van der Waals surface area contributed by atoms with Gasteiger partial charge in [-0.25, -0.2) is 8.42 Å². The van der Waals surface area contributed by atoms with Crippen LogP contribution in [0.4, 0.5) is 0 Å². The second-order valence-corrected chi connectivity index (χ2v) is 6.88. The van der Waals surface area contributed by atoms with Crippen molar-refractivity contribution in [3.63, 3.8) is 0 Å². The number of carboxylic acids is 1. The fourth-order valence-electron chi connectivity index (χ4n) is 1.47.